The highest BCUT2D eigenvalue weighted by atomic mass is 32.2. The number of thioether (sulfide) groups is 1. The minimum absolute atomic E-state index is 0.306. The summed E-state index contributed by atoms with van der Waals surface area (Å²) in [6.07, 6.45) is 5.74. The highest BCUT2D eigenvalue weighted by molar-refractivity contribution is 7.99. The Morgan fingerprint density at radius 1 is 1.30 bits per heavy atom. The molecule has 2 aliphatic heterocycles. The molecule has 0 aromatic carbocycles. The van der Waals surface area contributed by atoms with Gasteiger partial charge in [-0.05, 0) is 25.8 Å². The molecule has 0 aliphatic carbocycles. The number of aromatic nitrogens is 2. The minimum atomic E-state index is 0.306. The first kappa shape index (κ1) is 14.3. The second-order valence-corrected chi connectivity index (χ2v) is 6.91. The van der Waals surface area contributed by atoms with Crippen LogP contribution in [0.4, 0.5) is 0 Å². The van der Waals surface area contributed by atoms with Crippen LogP contribution in [0.3, 0.4) is 0 Å². The van der Waals surface area contributed by atoms with Crippen LogP contribution in [0.5, 0.6) is 0 Å². The van der Waals surface area contributed by atoms with Gasteiger partial charge in [0.25, 0.3) is 0 Å². The summed E-state index contributed by atoms with van der Waals surface area (Å²) in [6, 6.07) is 1.94. The van der Waals surface area contributed by atoms with E-state index in [2.05, 4.69) is 26.6 Å². The molecule has 5 heteroatoms. The van der Waals surface area contributed by atoms with Gasteiger partial charge in [0.2, 0.25) is 0 Å². The van der Waals surface area contributed by atoms with Crippen LogP contribution < -0.4 is 0 Å². The van der Waals surface area contributed by atoms with E-state index in [-0.39, 0.29) is 0 Å². The standard InChI is InChI=1S/C15H23N3OS/c1-12-4-5-16-15(17-12)10-13-2-3-14(19-13)11-18-6-8-20-9-7-18/h4-5,13-14H,2-3,6-11H2,1H3/t13-,14+/m0/s1. The predicted octanol–water partition coefficient (Wildman–Crippen LogP) is 1.92. The Morgan fingerprint density at radius 3 is 2.90 bits per heavy atom. The molecule has 2 fully saturated rings. The summed E-state index contributed by atoms with van der Waals surface area (Å²) in [5, 5.41) is 0. The average Bonchev–Trinajstić information content (AvgIpc) is 2.87. The second kappa shape index (κ2) is 6.87. The first-order valence-corrected chi connectivity index (χ1v) is 8.69. The van der Waals surface area contributed by atoms with Gasteiger partial charge in [0.05, 0.1) is 12.2 Å². The van der Waals surface area contributed by atoms with Crippen molar-refractivity contribution in [3.63, 3.8) is 0 Å². The van der Waals surface area contributed by atoms with Crippen molar-refractivity contribution in [1.29, 1.82) is 0 Å². The van der Waals surface area contributed by atoms with Crippen LogP contribution in [0.1, 0.15) is 24.4 Å². The maximum absolute atomic E-state index is 6.18. The molecule has 110 valence electrons. The monoisotopic (exact) mass is 293 g/mol. The fourth-order valence-electron chi connectivity index (χ4n) is 2.94. The molecule has 3 heterocycles. The quantitative estimate of drug-likeness (QED) is 0.848. The van der Waals surface area contributed by atoms with Crippen LogP contribution in [-0.2, 0) is 11.2 Å². The van der Waals surface area contributed by atoms with Crippen LogP contribution in [0.15, 0.2) is 12.3 Å². The van der Waals surface area contributed by atoms with E-state index in [9.17, 15) is 0 Å². The Bertz CT molecular complexity index is 437. The van der Waals surface area contributed by atoms with E-state index in [0.29, 0.717) is 12.2 Å². The average molecular weight is 293 g/mol. The lowest BCUT2D eigenvalue weighted by Crippen LogP contribution is -2.38. The molecular formula is C15H23N3OS. The van der Waals surface area contributed by atoms with Crippen molar-refractivity contribution in [2.45, 2.75) is 38.4 Å². The van der Waals surface area contributed by atoms with Crippen molar-refractivity contribution >= 4 is 11.8 Å². The Hall–Kier alpha value is -0.650. The topological polar surface area (TPSA) is 38.2 Å². The molecule has 0 radical (unpaired) electrons. The zero-order chi connectivity index (χ0) is 13.8. The van der Waals surface area contributed by atoms with Crippen LogP contribution in [0.25, 0.3) is 0 Å². The Morgan fingerprint density at radius 2 is 2.10 bits per heavy atom. The van der Waals surface area contributed by atoms with Crippen LogP contribution >= 0.6 is 11.8 Å². The second-order valence-electron chi connectivity index (χ2n) is 5.69. The highest BCUT2D eigenvalue weighted by Crippen LogP contribution is 2.23. The predicted molar refractivity (Wildman–Crippen MR) is 82.1 cm³/mol. The van der Waals surface area contributed by atoms with Crippen molar-refractivity contribution in [3.8, 4) is 0 Å². The van der Waals surface area contributed by atoms with E-state index in [4.69, 9.17) is 4.74 Å². The highest BCUT2D eigenvalue weighted by Gasteiger charge is 2.28. The molecule has 0 unspecified atom stereocenters. The molecule has 1 aromatic heterocycles. The van der Waals surface area contributed by atoms with Crippen LogP contribution in [0, 0.1) is 6.92 Å². The summed E-state index contributed by atoms with van der Waals surface area (Å²) >= 11 is 2.06. The molecule has 4 nitrogen and oxygen atoms in total. The summed E-state index contributed by atoms with van der Waals surface area (Å²) < 4.78 is 6.18. The van der Waals surface area contributed by atoms with E-state index in [0.717, 1.165) is 30.9 Å². The molecule has 2 atom stereocenters. The molecule has 2 saturated heterocycles. The van der Waals surface area contributed by atoms with Crippen molar-refractivity contribution in [1.82, 2.24) is 14.9 Å². The van der Waals surface area contributed by atoms with Gasteiger partial charge in [0.15, 0.2) is 0 Å². The van der Waals surface area contributed by atoms with Crippen molar-refractivity contribution in [3.05, 3.63) is 23.8 Å². The lowest BCUT2D eigenvalue weighted by atomic mass is 10.1. The Balaban J connectivity index is 1.47. The fourth-order valence-corrected chi connectivity index (χ4v) is 3.92. The van der Waals surface area contributed by atoms with Gasteiger partial charge in [-0.1, -0.05) is 0 Å². The third kappa shape index (κ3) is 3.93. The number of hydrogen-bond acceptors (Lipinski definition) is 5. The van der Waals surface area contributed by atoms with Crippen molar-refractivity contribution in [2.75, 3.05) is 31.1 Å². The molecule has 2 aliphatic rings. The molecular weight excluding hydrogens is 270 g/mol. The molecule has 0 spiro atoms. The molecule has 20 heavy (non-hydrogen) atoms. The molecule has 3 rings (SSSR count). The van der Waals surface area contributed by atoms with E-state index < -0.39 is 0 Å². The van der Waals surface area contributed by atoms with Gasteiger partial charge in [-0.2, -0.15) is 11.8 Å². The van der Waals surface area contributed by atoms with Crippen molar-refractivity contribution in [2.24, 2.45) is 0 Å². The first-order valence-electron chi connectivity index (χ1n) is 7.54. The summed E-state index contributed by atoms with van der Waals surface area (Å²) in [7, 11) is 0. The van der Waals surface area contributed by atoms with Gasteiger partial charge in [0.1, 0.15) is 5.82 Å². The number of nitrogens with zero attached hydrogens (tertiary/aromatic N) is 3. The number of ether oxygens (including phenoxy) is 1. The zero-order valence-corrected chi connectivity index (χ0v) is 12.9. The number of hydrogen-bond donors (Lipinski definition) is 0. The largest absolute Gasteiger partial charge is 0.373 e. The summed E-state index contributed by atoms with van der Waals surface area (Å²) in [4.78, 5) is 11.4. The first-order chi connectivity index (χ1) is 9.79. The summed E-state index contributed by atoms with van der Waals surface area (Å²) in [6.45, 7) is 5.55. The lowest BCUT2D eigenvalue weighted by molar-refractivity contribution is 0.0242. The molecule has 0 saturated carbocycles. The van der Waals surface area contributed by atoms with Gasteiger partial charge in [0, 0.05) is 49.5 Å². The lowest BCUT2D eigenvalue weighted by Gasteiger charge is -2.28. The van der Waals surface area contributed by atoms with E-state index in [1.807, 2.05) is 19.2 Å². The zero-order valence-electron chi connectivity index (χ0n) is 12.1. The van der Waals surface area contributed by atoms with Gasteiger partial charge >= 0.3 is 0 Å². The third-order valence-electron chi connectivity index (χ3n) is 4.02. The number of aryl methyl sites for hydroxylation is 1. The van der Waals surface area contributed by atoms with E-state index >= 15 is 0 Å². The van der Waals surface area contributed by atoms with Crippen molar-refractivity contribution < 1.29 is 4.74 Å². The molecule has 0 amide bonds. The smallest absolute Gasteiger partial charge is 0.131 e. The fraction of sp³-hybridized carbons (Fsp3) is 0.733. The maximum Gasteiger partial charge on any atom is 0.131 e. The number of rotatable bonds is 4. The third-order valence-corrected chi connectivity index (χ3v) is 4.96. The van der Waals surface area contributed by atoms with E-state index in [1.165, 1.54) is 31.0 Å². The van der Waals surface area contributed by atoms with E-state index in [1.54, 1.807) is 0 Å². The Labute approximate surface area is 125 Å². The SMILES string of the molecule is Cc1ccnc(C[C@@H]2CC[C@H](CN3CCSCC3)O2)n1. The maximum atomic E-state index is 6.18. The normalized spacial score (nSPS) is 27.9. The minimum Gasteiger partial charge on any atom is -0.373 e. The van der Waals surface area contributed by atoms with Gasteiger partial charge in [-0.15, -0.1) is 0 Å². The summed E-state index contributed by atoms with van der Waals surface area (Å²) in [5.74, 6) is 3.46. The van der Waals surface area contributed by atoms with Gasteiger partial charge < -0.3 is 4.74 Å². The van der Waals surface area contributed by atoms with Crippen LogP contribution in [0.2, 0.25) is 0 Å². The van der Waals surface area contributed by atoms with Gasteiger partial charge in [-0.3, -0.25) is 4.90 Å². The molecule has 0 N–H and O–H groups in total. The van der Waals surface area contributed by atoms with Gasteiger partial charge in [-0.25, -0.2) is 9.97 Å². The Kier molecular flexibility index (Phi) is 4.91. The molecule has 0 bridgehead atoms. The molecule has 1 aromatic rings. The summed E-state index contributed by atoms with van der Waals surface area (Å²) in [5.41, 5.74) is 1.04. The van der Waals surface area contributed by atoms with Crippen LogP contribution in [-0.4, -0.2) is 58.2 Å².